The third-order valence-electron chi connectivity index (χ3n) is 3.60. The van der Waals surface area contributed by atoms with Crippen molar-refractivity contribution in [2.45, 2.75) is 6.54 Å². The van der Waals surface area contributed by atoms with Crippen molar-refractivity contribution in [3.05, 3.63) is 83.9 Å². The molecule has 25 heavy (non-hydrogen) atoms. The number of anilines is 2. The van der Waals surface area contributed by atoms with Crippen LogP contribution in [0.1, 0.15) is 5.56 Å². The molecule has 0 fully saturated rings. The van der Waals surface area contributed by atoms with E-state index >= 15 is 0 Å². The summed E-state index contributed by atoms with van der Waals surface area (Å²) >= 11 is 6.22. The van der Waals surface area contributed by atoms with Gasteiger partial charge in [0, 0.05) is 29.7 Å². The van der Waals surface area contributed by atoms with E-state index in [1.165, 1.54) is 0 Å². The van der Waals surface area contributed by atoms with Crippen LogP contribution in [0.5, 0.6) is 0 Å². The molecule has 3 aromatic rings. The summed E-state index contributed by atoms with van der Waals surface area (Å²) in [6.07, 6.45) is 1.79. The first-order valence-electron chi connectivity index (χ1n) is 8.03. The van der Waals surface area contributed by atoms with Gasteiger partial charge >= 0.3 is 0 Å². The number of nitrogens with zero attached hydrogens (tertiary/aromatic N) is 2. The van der Waals surface area contributed by atoms with E-state index < -0.39 is 0 Å². The Kier molecular flexibility index (Phi) is 5.65. The molecule has 0 saturated heterocycles. The molecule has 0 unspecified atom stereocenters. The zero-order valence-corrected chi connectivity index (χ0v) is 14.5. The molecule has 0 saturated carbocycles. The van der Waals surface area contributed by atoms with Crippen LogP contribution in [0.2, 0.25) is 5.02 Å². The molecule has 126 valence electrons. The fraction of sp³-hybridized carbons (Fsp3) is 0.100. The highest BCUT2D eigenvalue weighted by molar-refractivity contribution is 6.31. The van der Waals surface area contributed by atoms with Crippen molar-refractivity contribution in [1.29, 1.82) is 0 Å². The fourth-order valence-electron chi connectivity index (χ4n) is 2.35. The smallest absolute Gasteiger partial charge is 0.163 e. The third-order valence-corrected chi connectivity index (χ3v) is 3.97. The molecule has 5 heteroatoms. The van der Waals surface area contributed by atoms with Gasteiger partial charge in [-0.05, 0) is 11.6 Å². The second kappa shape index (κ2) is 8.31. The highest BCUT2D eigenvalue weighted by Crippen LogP contribution is 2.21. The van der Waals surface area contributed by atoms with Gasteiger partial charge in [0.25, 0.3) is 0 Å². The number of benzene rings is 2. The minimum absolute atomic E-state index is 0.589. The van der Waals surface area contributed by atoms with Crippen LogP contribution in [0.3, 0.4) is 0 Å². The van der Waals surface area contributed by atoms with Gasteiger partial charge in [0.2, 0.25) is 0 Å². The summed E-state index contributed by atoms with van der Waals surface area (Å²) in [5.41, 5.74) is 1.98. The summed E-state index contributed by atoms with van der Waals surface area (Å²) in [6, 6.07) is 19.5. The minimum atomic E-state index is 0.589. The lowest BCUT2D eigenvalue weighted by Gasteiger charge is -2.11. The molecule has 0 spiro atoms. The number of hydrogen-bond donors (Lipinski definition) is 2. The molecule has 0 aliphatic rings. The monoisotopic (exact) mass is 350 g/mol. The van der Waals surface area contributed by atoms with Crippen LogP contribution in [0.4, 0.5) is 11.6 Å². The maximum atomic E-state index is 6.22. The molecule has 0 bridgehead atoms. The quantitative estimate of drug-likeness (QED) is 0.588. The maximum Gasteiger partial charge on any atom is 0.163 e. The van der Waals surface area contributed by atoms with Gasteiger partial charge in [0.15, 0.2) is 5.82 Å². The van der Waals surface area contributed by atoms with Gasteiger partial charge in [-0.15, -0.1) is 6.58 Å². The molecule has 2 N–H and O–H groups in total. The van der Waals surface area contributed by atoms with E-state index in [0.29, 0.717) is 18.9 Å². The second-order valence-electron chi connectivity index (χ2n) is 5.44. The van der Waals surface area contributed by atoms with Gasteiger partial charge in [-0.3, -0.25) is 0 Å². The molecule has 2 aromatic carbocycles. The van der Waals surface area contributed by atoms with E-state index in [1.54, 1.807) is 6.08 Å². The van der Waals surface area contributed by atoms with Crippen molar-refractivity contribution in [3.8, 4) is 11.4 Å². The molecule has 0 aliphatic heterocycles. The van der Waals surface area contributed by atoms with E-state index in [4.69, 9.17) is 11.6 Å². The Morgan fingerprint density at radius 1 is 0.920 bits per heavy atom. The molecule has 4 nitrogen and oxygen atoms in total. The maximum absolute atomic E-state index is 6.22. The predicted octanol–water partition coefficient (Wildman–Crippen LogP) is 5.01. The number of nitrogens with one attached hydrogen (secondary N) is 2. The molecule has 0 atom stereocenters. The number of rotatable bonds is 7. The van der Waals surface area contributed by atoms with Gasteiger partial charge < -0.3 is 10.6 Å². The highest BCUT2D eigenvalue weighted by Gasteiger charge is 2.07. The van der Waals surface area contributed by atoms with Gasteiger partial charge in [-0.2, -0.15) is 0 Å². The van der Waals surface area contributed by atoms with Crippen LogP contribution in [-0.4, -0.2) is 16.5 Å². The molecule has 0 amide bonds. The second-order valence-corrected chi connectivity index (χ2v) is 5.85. The SMILES string of the molecule is C=CCNc1cc(NCc2ccccc2Cl)nc(-c2ccccc2)n1. The Morgan fingerprint density at radius 2 is 1.60 bits per heavy atom. The largest absolute Gasteiger partial charge is 0.366 e. The average molecular weight is 351 g/mol. The van der Waals surface area contributed by atoms with Crippen molar-refractivity contribution in [3.63, 3.8) is 0 Å². The third kappa shape index (κ3) is 4.58. The molecule has 1 heterocycles. The van der Waals surface area contributed by atoms with E-state index in [0.717, 1.165) is 27.8 Å². The van der Waals surface area contributed by atoms with Crippen molar-refractivity contribution >= 4 is 23.2 Å². The Morgan fingerprint density at radius 3 is 2.32 bits per heavy atom. The lowest BCUT2D eigenvalue weighted by atomic mass is 10.2. The molecule has 0 aliphatic carbocycles. The number of halogens is 1. The first kappa shape index (κ1) is 17.0. The zero-order valence-electron chi connectivity index (χ0n) is 13.7. The highest BCUT2D eigenvalue weighted by atomic mass is 35.5. The van der Waals surface area contributed by atoms with Crippen LogP contribution in [0, 0.1) is 0 Å². The van der Waals surface area contributed by atoms with Crippen molar-refractivity contribution in [2.75, 3.05) is 17.2 Å². The van der Waals surface area contributed by atoms with Crippen LogP contribution in [0.15, 0.2) is 73.3 Å². The Labute approximate surface area is 152 Å². The summed E-state index contributed by atoms with van der Waals surface area (Å²) in [6.45, 7) is 4.95. The van der Waals surface area contributed by atoms with E-state index in [1.807, 2.05) is 60.7 Å². The van der Waals surface area contributed by atoms with Gasteiger partial charge in [-0.1, -0.05) is 66.2 Å². The van der Waals surface area contributed by atoms with Crippen LogP contribution in [0.25, 0.3) is 11.4 Å². The fourth-order valence-corrected chi connectivity index (χ4v) is 2.55. The van der Waals surface area contributed by atoms with Crippen LogP contribution < -0.4 is 10.6 Å². The summed E-state index contributed by atoms with van der Waals surface area (Å²) < 4.78 is 0. The topological polar surface area (TPSA) is 49.8 Å². The predicted molar refractivity (Wildman–Crippen MR) is 105 cm³/mol. The Bertz CT molecular complexity index is 849. The number of aromatic nitrogens is 2. The standard InChI is InChI=1S/C20H19ClN4/c1-2-12-22-18-13-19(23-14-16-10-6-7-11-17(16)21)25-20(24-18)15-8-4-3-5-9-15/h2-11,13H,1,12,14H2,(H2,22,23,24,25). The molecule has 0 radical (unpaired) electrons. The van der Waals surface area contributed by atoms with Gasteiger partial charge in [0.1, 0.15) is 11.6 Å². The van der Waals surface area contributed by atoms with Crippen LogP contribution >= 0.6 is 11.6 Å². The Balaban J connectivity index is 1.86. The van der Waals surface area contributed by atoms with Crippen LogP contribution in [-0.2, 0) is 6.54 Å². The summed E-state index contributed by atoms with van der Waals surface area (Å²) in [5.74, 6) is 2.15. The van der Waals surface area contributed by atoms with E-state index in [2.05, 4.69) is 27.2 Å². The van der Waals surface area contributed by atoms with Gasteiger partial charge in [0.05, 0.1) is 0 Å². The van der Waals surface area contributed by atoms with Crippen molar-refractivity contribution < 1.29 is 0 Å². The average Bonchev–Trinajstić information content (AvgIpc) is 2.66. The molecular formula is C20H19ClN4. The Hall–Kier alpha value is -2.85. The normalized spacial score (nSPS) is 10.3. The van der Waals surface area contributed by atoms with E-state index in [9.17, 15) is 0 Å². The summed E-state index contributed by atoms with van der Waals surface area (Å²) in [7, 11) is 0. The summed E-state index contributed by atoms with van der Waals surface area (Å²) in [4.78, 5) is 9.20. The molecular weight excluding hydrogens is 332 g/mol. The zero-order chi connectivity index (χ0) is 17.5. The van der Waals surface area contributed by atoms with Crippen molar-refractivity contribution in [1.82, 2.24) is 9.97 Å². The van der Waals surface area contributed by atoms with Gasteiger partial charge in [-0.25, -0.2) is 9.97 Å². The number of hydrogen-bond acceptors (Lipinski definition) is 4. The molecule has 1 aromatic heterocycles. The lowest BCUT2D eigenvalue weighted by molar-refractivity contribution is 1.08. The van der Waals surface area contributed by atoms with Crippen molar-refractivity contribution in [2.24, 2.45) is 0 Å². The lowest BCUT2D eigenvalue weighted by Crippen LogP contribution is -2.07. The summed E-state index contributed by atoms with van der Waals surface area (Å²) in [5, 5.41) is 7.28. The van der Waals surface area contributed by atoms with E-state index in [-0.39, 0.29) is 0 Å². The minimum Gasteiger partial charge on any atom is -0.366 e. The molecule has 3 rings (SSSR count). The first-order valence-corrected chi connectivity index (χ1v) is 8.40. The first-order chi connectivity index (χ1) is 12.3.